The van der Waals surface area contributed by atoms with Crippen LogP contribution in [0.25, 0.3) is 0 Å². The van der Waals surface area contributed by atoms with E-state index in [2.05, 4.69) is 75.4 Å². The van der Waals surface area contributed by atoms with Gasteiger partial charge in [-0.2, -0.15) is 0 Å². The zero-order valence-electron chi connectivity index (χ0n) is 37.1. The second-order valence-corrected chi connectivity index (χ2v) is 17.0. The highest BCUT2D eigenvalue weighted by atomic mass is 16.5. The van der Waals surface area contributed by atoms with E-state index >= 15 is 0 Å². The smallest absolute Gasteiger partial charge is 0.126 e. The molecule has 1 aliphatic rings. The number of benzene rings is 4. The molecule has 0 radical (unpaired) electrons. The Labute approximate surface area is 361 Å². The first kappa shape index (κ1) is 47.2. The zero-order valence-corrected chi connectivity index (χ0v) is 37.1. The van der Waals surface area contributed by atoms with Gasteiger partial charge in [-0.3, -0.25) is 0 Å². The van der Waals surface area contributed by atoms with Crippen LogP contribution in [-0.2, 0) is 52.1 Å². The van der Waals surface area contributed by atoms with Gasteiger partial charge in [0.05, 0.1) is 46.2 Å². The fourth-order valence-corrected chi connectivity index (χ4v) is 8.72. The summed E-state index contributed by atoms with van der Waals surface area (Å²) < 4.78 is 20.5. The molecule has 0 saturated carbocycles. The van der Waals surface area contributed by atoms with Crippen LogP contribution in [0.1, 0.15) is 184 Å². The van der Waals surface area contributed by atoms with Crippen LogP contribution in [0, 0.1) is 0 Å². The normalized spacial score (nSPS) is 12.4. The highest BCUT2D eigenvalue weighted by Gasteiger charge is 2.22. The van der Waals surface area contributed by atoms with E-state index in [0.29, 0.717) is 45.5 Å². The molecule has 0 unspecified atom stereocenters. The highest BCUT2D eigenvalue weighted by molar-refractivity contribution is 5.56. The number of ether oxygens (including phenoxy) is 3. The Bertz CT molecular complexity index is 1780. The first-order valence-electron chi connectivity index (χ1n) is 23.3. The lowest BCUT2D eigenvalue weighted by Gasteiger charge is -2.23. The van der Waals surface area contributed by atoms with Crippen LogP contribution in [0.3, 0.4) is 0 Å². The van der Waals surface area contributed by atoms with Gasteiger partial charge in [-0.15, -0.1) is 0 Å². The molecule has 4 N–H and O–H groups in total. The van der Waals surface area contributed by atoms with E-state index in [1.54, 1.807) is 0 Å². The van der Waals surface area contributed by atoms with Gasteiger partial charge in [-0.25, -0.2) is 0 Å². The van der Waals surface area contributed by atoms with Crippen molar-refractivity contribution in [3.8, 4) is 17.2 Å². The summed E-state index contributed by atoms with van der Waals surface area (Å²) in [4.78, 5) is 0. The number of unbranched alkanes of at least 4 members (excludes halogenated alkanes) is 12. The monoisotopic (exact) mass is 823 g/mol. The molecule has 7 nitrogen and oxygen atoms in total. The molecule has 0 heterocycles. The lowest BCUT2D eigenvalue weighted by atomic mass is 9.89. The van der Waals surface area contributed by atoms with Gasteiger partial charge in [0.25, 0.3) is 0 Å². The van der Waals surface area contributed by atoms with Gasteiger partial charge < -0.3 is 34.6 Å². The van der Waals surface area contributed by atoms with E-state index < -0.39 is 0 Å². The van der Waals surface area contributed by atoms with Crippen LogP contribution in [0.5, 0.6) is 17.2 Å². The topological polar surface area (TPSA) is 109 Å². The Kier molecular flexibility index (Phi) is 20.3. The Hall–Kier alpha value is -3.88. The Balaban J connectivity index is 1.70. The van der Waals surface area contributed by atoms with Crippen LogP contribution in [-0.4, -0.2) is 40.2 Å². The van der Waals surface area contributed by atoms with E-state index in [0.717, 1.165) is 123 Å². The van der Waals surface area contributed by atoms with Crippen LogP contribution >= 0.6 is 0 Å². The fourth-order valence-electron chi connectivity index (χ4n) is 8.72. The fraction of sp³-hybridized carbons (Fsp3) is 0.547. The summed E-state index contributed by atoms with van der Waals surface area (Å²) in [6, 6.07) is 18.8. The Morgan fingerprint density at radius 2 is 0.600 bits per heavy atom. The molecular formula is C53H74O7. The van der Waals surface area contributed by atoms with Crippen molar-refractivity contribution in [1.29, 1.82) is 0 Å². The van der Waals surface area contributed by atoms with Crippen molar-refractivity contribution < 1.29 is 34.6 Å². The summed E-state index contributed by atoms with van der Waals surface area (Å²) in [6.07, 6.45) is 19.0. The van der Waals surface area contributed by atoms with Crippen LogP contribution in [0.15, 0.2) is 54.6 Å². The van der Waals surface area contributed by atoms with E-state index in [9.17, 15) is 20.4 Å². The number of aliphatic hydroxyl groups is 4. The number of rotatable bonds is 25. The van der Waals surface area contributed by atoms with Gasteiger partial charge in [0, 0.05) is 25.7 Å². The van der Waals surface area contributed by atoms with Gasteiger partial charge in [0.15, 0.2) is 0 Å². The van der Waals surface area contributed by atoms with E-state index in [1.165, 1.54) is 57.8 Å². The Morgan fingerprint density at radius 3 is 0.883 bits per heavy atom. The summed E-state index contributed by atoms with van der Waals surface area (Å²) in [5, 5.41) is 42.5. The second kappa shape index (κ2) is 25.8. The van der Waals surface area contributed by atoms with Crippen molar-refractivity contribution in [2.24, 2.45) is 0 Å². The molecule has 4 aromatic carbocycles. The van der Waals surface area contributed by atoms with Crippen molar-refractivity contribution >= 4 is 0 Å². The van der Waals surface area contributed by atoms with Crippen molar-refractivity contribution in [2.45, 2.75) is 169 Å². The van der Waals surface area contributed by atoms with Crippen molar-refractivity contribution in [3.63, 3.8) is 0 Å². The van der Waals surface area contributed by atoms with Gasteiger partial charge in [0.2, 0.25) is 0 Å². The molecule has 0 saturated heterocycles. The maximum absolute atomic E-state index is 10.7. The van der Waals surface area contributed by atoms with Gasteiger partial charge in [-0.1, -0.05) is 116 Å². The molecule has 0 amide bonds. The quantitative estimate of drug-likeness (QED) is 0.0434. The molecule has 5 rings (SSSR count). The first-order chi connectivity index (χ1) is 29.4. The summed E-state index contributed by atoms with van der Waals surface area (Å²) in [5.41, 5.74) is 11.2. The first-order valence-corrected chi connectivity index (χ1v) is 23.3. The Morgan fingerprint density at radius 1 is 0.333 bits per heavy atom. The standard InChI is InChI=1S/C53H74O7/c1-4-7-10-13-16-19-58-51-45-25-39-22-40(24-41(23-39)35-54)26-46-28-43(37-56)30-48(52(46)59-20-17-14-11-8-5-2)34-50-32-44(38-57)31-49(33-47(51)29-42(27-45)36-55)53(50)60-21-18-15-12-9-6-3/h22-24,27-32,54-57H,4-21,25-26,33-38H2,1-3H3. The van der Waals surface area contributed by atoms with Gasteiger partial charge in [0.1, 0.15) is 17.2 Å². The van der Waals surface area contributed by atoms with Crippen LogP contribution in [0.4, 0.5) is 0 Å². The minimum absolute atomic E-state index is 0.0872. The van der Waals surface area contributed by atoms with E-state index in [1.807, 2.05) is 0 Å². The summed E-state index contributed by atoms with van der Waals surface area (Å²) in [5.74, 6) is 2.48. The van der Waals surface area contributed by atoms with Crippen LogP contribution < -0.4 is 14.2 Å². The minimum Gasteiger partial charge on any atom is -0.493 e. The third-order valence-corrected chi connectivity index (χ3v) is 11.8. The third-order valence-electron chi connectivity index (χ3n) is 11.8. The SMILES string of the molecule is CCCCCCCOc1c2cc(CO)cc1Cc1cc(CO)cc(c1OCCCCCCC)Cc1cc(CO)cc(c1OCCCCCCC)Cc1cc(CO)cc(c1)C2. The molecule has 0 atom stereocenters. The van der Waals surface area contributed by atoms with Crippen molar-refractivity contribution in [3.05, 3.63) is 121 Å². The van der Waals surface area contributed by atoms with Crippen molar-refractivity contribution in [2.75, 3.05) is 19.8 Å². The summed E-state index contributed by atoms with van der Waals surface area (Å²) in [7, 11) is 0. The molecule has 0 aromatic heterocycles. The molecule has 4 aromatic rings. The predicted molar refractivity (Wildman–Crippen MR) is 243 cm³/mol. The predicted octanol–water partition coefficient (Wildman–Crippen LogP) is 11.4. The number of hydrogen-bond acceptors (Lipinski definition) is 7. The van der Waals surface area contributed by atoms with Gasteiger partial charge in [-0.05, 0) is 122 Å². The highest BCUT2D eigenvalue weighted by Crippen LogP contribution is 2.39. The van der Waals surface area contributed by atoms with Crippen molar-refractivity contribution in [1.82, 2.24) is 0 Å². The molecule has 0 spiro atoms. The third kappa shape index (κ3) is 14.1. The average Bonchev–Trinajstić information content (AvgIpc) is 3.25. The molecule has 1 aliphatic carbocycles. The molecule has 8 bridgehead atoms. The van der Waals surface area contributed by atoms with E-state index in [-0.39, 0.29) is 26.4 Å². The minimum atomic E-state index is -0.120. The molecule has 0 aliphatic heterocycles. The number of fused-ring (bicyclic) bond motifs is 8. The lowest BCUT2D eigenvalue weighted by molar-refractivity contribution is 0.279. The molecular weight excluding hydrogens is 749 g/mol. The lowest BCUT2D eigenvalue weighted by Crippen LogP contribution is -2.11. The molecule has 328 valence electrons. The average molecular weight is 823 g/mol. The molecule has 0 fully saturated rings. The van der Waals surface area contributed by atoms with E-state index in [4.69, 9.17) is 14.2 Å². The summed E-state index contributed by atoms with van der Waals surface area (Å²) >= 11 is 0. The maximum atomic E-state index is 10.7. The zero-order chi connectivity index (χ0) is 42.5. The van der Waals surface area contributed by atoms with Gasteiger partial charge >= 0.3 is 0 Å². The maximum Gasteiger partial charge on any atom is 0.126 e. The summed E-state index contributed by atoms with van der Waals surface area (Å²) in [6.45, 7) is 8.03. The molecule has 7 heteroatoms. The second-order valence-electron chi connectivity index (χ2n) is 17.0. The van der Waals surface area contributed by atoms with Crippen LogP contribution in [0.2, 0.25) is 0 Å². The number of hydrogen-bond donors (Lipinski definition) is 4. The molecule has 60 heavy (non-hydrogen) atoms. The number of aliphatic hydroxyl groups excluding tert-OH is 4. The largest absolute Gasteiger partial charge is 0.493 e.